The quantitative estimate of drug-likeness (QED) is 0.445. The van der Waals surface area contributed by atoms with Crippen molar-refractivity contribution in [1.82, 2.24) is 15.4 Å². The fraction of sp³-hybridized carbons (Fsp3) is 0.217. The van der Waals surface area contributed by atoms with Gasteiger partial charge in [0.05, 0.1) is 44.6 Å². The van der Waals surface area contributed by atoms with Crippen molar-refractivity contribution in [2.75, 3.05) is 14.2 Å². The van der Waals surface area contributed by atoms with Crippen LogP contribution in [0.3, 0.4) is 0 Å². The highest BCUT2D eigenvalue weighted by atomic mass is 16.5. The lowest BCUT2D eigenvalue weighted by atomic mass is 10.1. The number of hydrazone groups is 1. The molecule has 0 radical (unpaired) electrons. The first-order chi connectivity index (χ1) is 15.1. The van der Waals surface area contributed by atoms with Crippen molar-refractivity contribution in [2.24, 2.45) is 5.10 Å². The molecule has 3 aromatic rings. The third-order valence-corrected chi connectivity index (χ3v) is 4.60. The summed E-state index contributed by atoms with van der Waals surface area (Å²) in [5.41, 5.74) is 4.78. The van der Waals surface area contributed by atoms with Gasteiger partial charge < -0.3 is 14.2 Å². The Labute approximate surface area is 179 Å². The molecule has 1 aliphatic rings. The Morgan fingerprint density at radius 1 is 1.03 bits per heavy atom. The summed E-state index contributed by atoms with van der Waals surface area (Å²) >= 11 is 0. The minimum Gasteiger partial charge on any atom is -0.497 e. The molecule has 31 heavy (non-hydrogen) atoms. The lowest BCUT2D eigenvalue weighted by Gasteiger charge is -2.07. The van der Waals surface area contributed by atoms with Crippen molar-refractivity contribution in [3.05, 3.63) is 66.1 Å². The second kappa shape index (κ2) is 9.25. The van der Waals surface area contributed by atoms with E-state index in [0.29, 0.717) is 28.9 Å². The molecule has 0 aliphatic heterocycles. The summed E-state index contributed by atoms with van der Waals surface area (Å²) in [4.78, 5) is 21.0. The van der Waals surface area contributed by atoms with Crippen molar-refractivity contribution < 1.29 is 19.0 Å². The summed E-state index contributed by atoms with van der Waals surface area (Å²) in [5, 5.41) is 4.00. The number of benzene rings is 2. The van der Waals surface area contributed by atoms with Crippen LogP contribution >= 0.6 is 0 Å². The van der Waals surface area contributed by atoms with Crippen molar-refractivity contribution in [3.8, 4) is 28.5 Å². The van der Waals surface area contributed by atoms with Crippen LogP contribution in [0.25, 0.3) is 11.3 Å². The molecule has 2 aromatic carbocycles. The molecule has 0 saturated heterocycles. The van der Waals surface area contributed by atoms with E-state index in [2.05, 4.69) is 20.5 Å². The van der Waals surface area contributed by atoms with Crippen LogP contribution in [-0.4, -0.2) is 42.4 Å². The molecule has 1 amide bonds. The summed E-state index contributed by atoms with van der Waals surface area (Å²) in [6.07, 6.45) is 7.07. The molecule has 0 spiro atoms. The second-order valence-corrected chi connectivity index (χ2v) is 6.98. The zero-order valence-corrected chi connectivity index (χ0v) is 17.2. The van der Waals surface area contributed by atoms with E-state index < -0.39 is 5.91 Å². The van der Waals surface area contributed by atoms with Crippen molar-refractivity contribution in [1.29, 1.82) is 0 Å². The van der Waals surface area contributed by atoms with Crippen LogP contribution in [0.1, 0.15) is 28.9 Å². The third-order valence-electron chi connectivity index (χ3n) is 4.60. The predicted molar refractivity (Wildman–Crippen MR) is 116 cm³/mol. The minimum atomic E-state index is -0.464. The van der Waals surface area contributed by atoms with E-state index in [1.54, 1.807) is 38.6 Å². The first-order valence-corrected chi connectivity index (χ1v) is 9.80. The zero-order chi connectivity index (χ0) is 21.6. The number of hydrogen-bond acceptors (Lipinski definition) is 7. The normalized spacial score (nSPS) is 13.1. The molecule has 4 rings (SSSR count). The average Bonchev–Trinajstić information content (AvgIpc) is 3.63. The fourth-order valence-electron chi connectivity index (χ4n) is 2.82. The van der Waals surface area contributed by atoms with Crippen molar-refractivity contribution >= 4 is 12.1 Å². The van der Waals surface area contributed by atoms with Gasteiger partial charge in [0, 0.05) is 17.2 Å². The highest BCUT2D eigenvalue weighted by molar-refractivity contribution is 5.93. The third kappa shape index (κ3) is 5.36. The average molecular weight is 418 g/mol. The highest BCUT2D eigenvalue weighted by Gasteiger charge is 2.23. The first-order valence-electron chi connectivity index (χ1n) is 9.80. The summed E-state index contributed by atoms with van der Waals surface area (Å²) < 4.78 is 16.2. The van der Waals surface area contributed by atoms with Gasteiger partial charge in [0.1, 0.15) is 22.9 Å². The number of ether oxygens (including phenoxy) is 3. The van der Waals surface area contributed by atoms with Crippen LogP contribution in [0.15, 0.2) is 60.0 Å². The summed E-state index contributed by atoms with van der Waals surface area (Å²) in [6, 6.07) is 12.9. The Kier molecular flexibility index (Phi) is 6.07. The maximum Gasteiger partial charge on any atom is 0.291 e. The van der Waals surface area contributed by atoms with Gasteiger partial charge in [0.25, 0.3) is 5.91 Å². The maximum absolute atomic E-state index is 12.5. The Hall–Kier alpha value is -3.94. The molecule has 0 unspecified atom stereocenters. The molecule has 1 aliphatic carbocycles. The van der Waals surface area contributed by atoms with E-state index >= 15 is 0 Å². The van der Waals surface area contributed by atoms with Crippen LogP contribution in [0.5, 0.6) is 17.2 Å². The van der Waals surface area contributed by atoms with E-state index in [4.69, 9.17) is 14.2 Å². The predicted octanol–water partition coefficient (Wildman–Crippen LogP) is 3.47. The molecule has 1 aromatic heterocycles. The van der Waals surface area contributed by atoms with Crippen LogP contribution in [-0.2, 0) is 0 Å². The molecule has 158 valence electrons. The van der Waals surface area contributed by atoms with E-state index in [1.165, 1.54) is 12.4 Å². The van der Waals surface area contributed by atoms with Gasteiger partial charge >= 0.3 is 0 Å². The SMILES string of the molecule is COc1cc(C=NNC(=O)c2cncc(-c3ccc(OC4CC4)cc3)n2)cc(OC)c1. The van der Waals surface area contributed by atoms with E-state index in [1.807, 2.05) is 24.3 Å². The molecule has 8 heteroatoms. The number of rotatable bonds is 8. The smallest absolute Gasteiger partial charge is 0.291 e. The largest absolute Gasteiger partial charge is 0.497 e. The maximum atomic E-state index is 12.5. The van der Waals surface area contributed by atoms with E-state index in [0.717, 1.165) is 24.2 Å². The first kappa shape index (κ1) is 20.3. The summed E-state index contributed by atoms with van der Waals surface area (Å²) in [5.74, 6) is 1.62. The van der Waals surface area contributed by atoms with Crippen LogP contribution in [0.4, 0.5) is 0 Å². The molecule has 1 saturated carbocycles. The van der Waals surface area contributed by atoms with Crippen LogP contribution in [0, 0.1) is 0 Å². The van der Waals surface area contributed by atoms with Gasteiger partial charge in [-0.3, -0.25) is 9.78 Å². The molecular weight excluding hydrogens is 396 g/mol. The Morgan fingerprint density at radius 3 is 2.39 bits per heavy atom. The lowest BCUT2D eigenvalue weighted by molar-refractivity contribution is 0.0950. The van der Waals surface area contributed by atoms with Gasteiger partial charge in [0.15, 0.2) is 0 Å². The Balaban J connectivity index is 1.42. The van der Waals surface area contributed by atoms with E-state index in [-0.39, 0.29) is 5.69 Å². The number of methoxy groups -OCH3 is 2. The van der Waals surface area contributed by atoms with Crippen molar-refractivity contribution in [3.63, 3.8) is 0 Å². The van der Waals surface area contributed by atoms with Gasteiger partial charge in [-0.25, -0.2) is 10.4 Å². The zero-order valence-electron chi connectivity index (χ0n) is 17.2. The molecule has 0 atom stereocenters. The van der Waals surface area contributed by atoms with Gasteiger partial charge in [-0.1, -0.05) is 0 Å². The molecule has 1 heterocycles. The number of carbonyl (C=O) groups excluding carboxylic acids is 1. The fourth-order valence-corrected chi connectivity index (χ4v) is 2.82. The Bertz CT molecular complexity index is 1070. The molecule has 8 nitrogen and oxygen atoms in total. The van der Waals surface area contributed by atoms with Gasteiger partial charge in [0.2, 0.25) is 0 Å². The number of amides is 1. The number of carbonyl (C=O) groups is 1. The molecular formula is C23H22N4O4. The number of nitrogens with one attached hydrogen (secondary N) is 1. The van der Waals surface area contributed by atoms with Gasteiger partial charge in [-0.15, -0.1) is 0 Å². The number of hydrogen-bond donors (Lipinski definition) is 1. The minimum absolute atomic E-state index is 0.163. The topological polar surface area (TPSA) is 94.9 Å². The summed E-state index contributed by atoms with van der Waals surface area (Å²) in [6.45, 7) is 0. The molecule has 0 bridgehead atoms. The number of nitrogens with zero attached hydrogens (tertiary/aromatic N) is 3. The van der Waals surface area contributed by atoms with Gasteiger partial charge in [-0.2, -0.15) is 5.10 Å². The highest BCUT2D eigenvalue weighted by Crippen LogP contribution is 2.28. The second-order valence-electron chi connectivity index (χ2n) is 6.98. The monoisotopic (exact) mass is 418 g/mol. The van der Waals surface area contributed by atoms with Crippen molar-refractivity contribution in [2.45, 2.75) is 18.9 Å². The van der Waals surface area contributed by atoms with Crippen LogP contribution in [0.2, 0.25) is 0 Å². The Morgan fingerprint density at radius 2 is 1.74 bits per heavy atom. The molecule has 1 N–H and O–H groups in total. The molecule has 1 fully saturated rings. The summed E-state index contributed by atoms with van der Waals surface area (Å²) in [7, 11) is 3.13. The lowest BCUT2D eigenvalue weighted by Crippen LogP contribution is -2.19. The number of aromatic nitrogens is 2. The van der Waals surface area contributed by atoms with E-state index in [9.17, 15) is 4.79 Å². The van der Waals surface area contributed by atoms with Crippen LogP contribution < -0.4 is 19.6 Å². The van der Waals surface area contributed by atoms with Gasteiger partial charge in [-0.05, 0) is 49.2 Å². The standard InChI is InChI=1S/C23H22N4O4/c1-29-19-9-15(10-20(11-19)30-2)12-25-27-23(28)22-14-24-13-21(26-22)16-3-5-17(6-4-16)31-18-7-8-18/h3-6,9-14,18H,7-8H2,1-2H3,(H,27,28).